The van der Waals surface area contributed by atoms with Gasteiger partial charge in [-0.1, -0.05) is 13.0 Å². The number of amides is 2. The Morgan fingerprint density at radius 3 is 2.76 bits per heavy atom. The Labute approximate surface area is 200 Å². The van der Waals surface area contributed by atoms with Crippen molar-refractivity contribution < 1.29 is 27.1 Å². The van der Waals surface area contributed by atoms with Gasteiger partial charge in [-0.3, -0.25) is 14.9 Å². The second-order valence-corrected chi connectivity index (χ2v) is 11.7. The Hall–Kier alpha value is -2.04. The molecule has 2 aliphatic heterocycles. The molecule has 0 aromatic heterocycles. The number of sulfonamides is 1. The molecule has 0 spiro atoms. The largest absolute Gasteiger partial charge is 0.490 e. The van der Waals surface area contributed by atoms with Gasteiger partial charge in [0, 0.05) is 19.0 Å². The molecule has 1 aromatic carbocycles. The Morgan fingerprint density at radius 2 is 2.03 bits per heavy atom. The van der Waals surface area contributed by atoms with Crippen LogP contribution < -0.4 is 15.4 Å². The fraction of sp³-hybridized carbons (Fsp3) is 0.667. The molecule has 2 N–H and O–H groups in total. The fourth-order valence-electron chi connectivity index (χ4n) is 4.78. The second-order valence-electron chi connectivity index (χ2n) is 9.68. The fourth-order valence-corrected chi connectivity index (χ4v) is 6.63. The van der Waals surface area contributed by atoms with E-state index < -0.39 is 21.9 Å². The number of hydrogen-bond donors (Lipinski definition) is 2. The summed E-state index contributed by atoms with van der Waals surface area (Å²) >= 11 is 0. The molecule has 0 bridgehead atoms. The predicted molar refractivity (Wildman–Crippen MR) is 125 cm³/mol. The Balaban J connectivity index is 1.32. The van der Waals surface area contributed by atoms with Gasteiger partial charge in [-0.25, -0.2) is 12.8 Å². The quantitative estimate of drug-likeness (QED) is 0.361. The van der Waals surface area contributed by atoms with Crippen molar-refractivity contribution >= 4 is 21.8 Å². The number of carbonyl (C=O) groups is 2. The van der Waals surface area contributed by atoms with Gasteiger partial charge in [0.1, 0.15) is 0 Å². The number of carbonyl (C=O) groups excluding carboxylic acids is 2. The summed E-state index contributed by atoms with van der Waals surface area (Å²) in [7, 11) is -3.49. The van der Waals surface area contributed by atoms with E-state index in [1.165, 1.54) is 6.07 Å². The summed E-state index contributed by atoms with van der Waals surface area (Å²) in [5, 5.41) is 5.34. The lowest BCUT2D eigenvalue weighted by atomic mass is 9.92. The molecule has 3 aliphatic rings. The van der Waals surface area contributed by atoms with Crippen molar-refractivity contribution in [2.75, 3.05) is 25.4 Å². The number of piperidine rings is 1. The summed E-state index contributed by atoms with van der Waals surface area (Å²) in [6.45, 7) is 3.36. The van der Waals surface area contributed by atoms with Crippen molar-refractivity contribution in [2.24, 2.45) is 5.92 Å². The lowest BCUT2D eigenvalue weighted by Crippen LogP contribution is -2.51. The molecule has 3 fully saturated rings. The first-order chi connectivity index (χ1) is 16.2. The third-order valence-electron chi connectivity index (χ3n) is 7.04. The Kier molecular flexibility index (Phi) is 7.89. The molecule has 2 unspecified atom stereocenters. The van der Waals surface area contributed by atoms with E-state index >= 15 is 0 Å². The molecular weight excluding hydrogens is 461 g/mol. The minimum absolute atomic E-state index is 0.0182. The molecule has 2 amide bonds. The zero-order valence-electron chi connectivity index (χ0n) is 19.6. The third kappa shape index (κ3) is 6.14. The molecule has 2 heterocycles. The number of nitrogens with one attached hydrogen (secondary N) is 2. The number of benzene rings is 1. The van der Waals surface area contributed by atoms with Gasteiger partial charge >= 0.3 is 0 Å². The maximum absolute atomic E-state index is 14.2. The number of nitrogens with zero attached hydrogens (tertiary/aromatic N) is 1. The SMILES string of the molecule is C[C@H](c1ccc(F)c(OCC2CC2)c1)C1CCCN1S(=O)(=O)CCCNC1CCC(=O)NC1=O. The van der Waals surface area contributed by atoms with E-state index in [1.54, 1.807) is 16.4 Å². The predicted octanol–water partition coefficient (Wildman–Crippen LogP) is 2.30. The van der Waals surface area contributed by atoms with Crippen LogP contribution in [0.25, 0.3) is 0 Å². The average molecular weight is 496 g/mol. The average Bonchev–Trinajstić information content (AvgIpc) is 3.49. The number of halogens is 1. The van der Waals surface area contributed by atoms with Gasteiger partial charge in [-0.05, 0) is 74.6 Å². The van der Waals surface area contributed by atoms with E-state index in [2.05, 4.69) is 10.6 Å². The lowest BCUT2D eigenvalue weighted by molar-refractivity contribution is -0.134. The first-order valence-corrected chi connectivity index (χ1v) is 13.8. The highest BCUT2D eigenvalue weighted by atomic mass is 32.2. The number of hydrogen-bond acceptors (Lipinski definition) is 6. The Bertz CT molecular complexity index is 1010. The Morgan fingerprint density at radius 1 is 1.24 bits per heavy atom. The maximum Gasteiger partial charge on any atom is 0.243 e. The molecule has 3 atom stereocenters. The van der Waals surface area contributed by atoms with Crippen LogP contribution in [0.15, 0.2) is 18.2 Å². The molecule has 188 valence electrons. The monoisotopic (exact) mass is 495 g/mol. The van der Waals surface area contributed by atoms with Crippen LogP contribution in [0.2, 0.25) is 0 Å². The second kappa shape index (κ2) is 10.7. The van der Waals surface area contributed by atoms with Crippen molar-refractivity contribution in [1.82, 2.24) is 14.9 Å². The van der Waals surface area contributed by atoms with Crippen molar-refractivity contribution in [2.45, 2.75) is 69.9 Å². The van der Waals surface area contributed by atoms with Crippen LogP contribution in [0.5, 0.6) is 5.75 Å². The van der Waals surface area contributed by atoms with Crippen molar-refractivity contribution in [1.29, 1.82) is 0 Å². The van der Waals surface area contributed by atoms with E-state index in [1.807, 2.05) is 6.92 Å². The summed E-state index contributed by atoms with van der Waals surface area (Å²) in [6.07, 6.45) is 4.86. The highest BCUT2D eigenvalue weighted by Crippen LogP contribution is 2.36. The van der Waals surface area contributed by atoms with E-state index in [0.29, 0.717) is 38.5 Å². The topological polar surface area (TPSA) is 105 Å². The molecule has 4 rings (SSSR count). The van der Waals surface area contributed by atoms with E-state index in [4.69, 9.17) is 4.74 Å². The molecule has 1 aromatic rings. The summed E-state index contributed by atoms with van der Waals surface area (Å²) in [5.74, 6) is -0.382. The van der Waals surface area contributed by atoms with Crippen LogP contribution in [0, 0.1) is 11.7 Å². The van der Waals surface area contributed by atoms with E-state index in [-0.39, 0.29) is 41.7 Å². The normalized spacial score (nSPS) is 24.8. The third-order valence-corrected chi connectivity index (χ3v) is 9.02. The van der Waals surface area contributed by atoms with Crippen LogP contribution in [-0.2, 0) is 19.6 Å². The summed E-state index contributed by atoms with van der Waals surface area (Å²) < 4.78 is 47.8. The molecule has 0 radical (unpaired) electrons. The van der Waals surface area contributed by atoms with Crippen molar-refractivity contribution in [3.05, 3.63) is 29.6 Å². The van der Waals surface area contributed by atoms with Gasteiger partial charge < -0.3 is 10.1 Å². The maximum atomic E-state index is 14.2. The molecule has 1 saturated carbocycles. The number of ether oxygens (including phenoxy) is 1. The molecule has 1 aliphatic carbocycles. The van der Waals surface area contributed by atoms with Crippen molar-refractivity contribution in [3.8, 4) is 5.75 Å². The van der Waals surface area contributed by atoms with Crippen LogP contribution in [0.1, 0.15) is 63.4 Å². The standard InChI is InChI=1S/C24H34FN3O5S/c1-16(18-7-8-19(25)22(14-18)33-15-17-5-6-17)21-4-2-12-28(21)34(31,32)13-3-11-26-20-9-10-23(29)27-24(20)30/h7-8,14,16-17,20-21,26H,2-6,9-13,15H2,1H3,(H,27,29,30)/t16-,20?,21?/m1/s1. The molecule has 2 saturated heterocycles. The van der Waals surface area contributed by atoms with Gasteiger partial charge in [0.15, 0.2) is 11.6 Å². The number of rotatable bonds is 11. The highest BCUT2D eigenvalue weighted by Gasteiger charge is 2.37. The first-order valence-electron chi connectivity index (χ1n) is 12.2. The lowest BCUT2D eigenvalue weighted by Gasteiger charge is -2.29. The highest BCUT2D eigenvalue weighted by molar-refractivity contribution is 7.89. The van der Waals surface area contributed by atoms with Gasteiger partial charge in [-0.2, -0.15) is 4.31 Å². The van der Waals surface area contributed by atoms with Crippen LogP contribution >= 0.6 is 0 Å². The minimum atomic E-state index is -3.49. The smallest absolute Gasteiger partial charge is 0.243 e. The van der Waals surface area contributed by atoms with Gasteiger partial charge in [0.2, 0.25) is 21.8 Å². The van der Waals surface area contributed by atoms with Gasteiger partial charge in [0.25, 0.3) is 0 Å². The number of imide groups is 1. The molecule has 34 heavy (non-hydrogen) atoms. The van der Waals surface area contributed by atoms with Gasteiger partial charge in [0.05, 0.1) is 18.4 Å². The van der Waals surface area contributed by atoms with Crippen LogP contribution in [-0.4, -0.2) is 62.1 Å². The van der Waals surface area contributed by atoms with Crippen molar-refractivity contribution in [3.63, 3.8) is 0 Å². The van der Waals surface area contributed by atoms with E-state index in [9.17, 15) is 22.4 Å². The molecular formula is C24H34FN3O5S. The van der Waals surface area contributed by atoms with Crippen LogP contribution in [0.3, 0.4) is 0 Å². The van der Waals surface area contributed by atoms with Crippen LogP contribution in [0.4, 0.5) is 4.39 Å². The summed E-state index contributed by atoms with van der Waals surface area (Å²) in [4.78, 5) is 23.1. The summed E-state index contributed by atoms with van der Waals surface area (Å²) in [5.41, 5.74) is 0.874. The summed E-state index contributed by atoms with van der Waals surface area (Å²) in [6, 6.07) is 4.19. The molecule has 8 nitrogen and oxygen atoms in total. The molecule has 10 heteroatoms. The zero-order chi connectivity index (χ0) is 24.3. The minimum Gasteiger partial charge on any atom is -0.490 e. The van der Waals surface area contributed by atoms with E-state index in [0.717, 1.165) is 31.2 Å². The van der Waals surface area contributed by atoms with Gasteiger partial charge in [-0.15, -0.1) is 0 Å². The first kappa shape index (κ1) is 25.1. The zero-order valence-corrected chi connectivity index (χ0v) is 20.4.